The maximum absolute atomic E-state index is 4.62. The molecule has 2 aromatic carbocycles. The van der Waals surface area contributed by atoms with Gasteiger partial charge < -0.3 is 9.55 Å². The molecule has 0 aliphatic carbocycles. The van der Waals surface area contributed by atoms with Crippen molar-refractivity contribution in [3.8, 4) is 0 Å². The number of nitrogens with zero attached hydrogens (tertiary/aromatic N) is 4. The summed E-state index contributed by atoms with van der Waals surface area (Å²) < 4.78 is 2.14. The Labute approximate surface area is 127 Å². The van der Waals surface area contributed by atoms with E-state index in [-0.39, 0.29) is 0 Å². The molecule has 0 amide bonds. The van der Waals surface area contributed by atoms with E-state index in [1.54, 1.807) is 6.21 Å². The predicted molar refractivity (Wildman–Crippen MR) is 88.8 cm³/mol. The number of hydrogen-bond acceptors (Lipinski definition) is 3. The molecule has 0 spiro atoms. The van der Waals surface area contributed by atoms with Crippen molar-refractivity contribution in [2.45, 2.75) is 13.5 Å². The molecule has 0 aliphatic heterocycles. The summed E-state index contributed by atoms with van der Waals surface area (Å²) in [4.78, 5) is 16.7. The summed E-state index contributed by atoms with van der Waals surface area (Å²) in [5.74, 6) is 1.43. The number of aromatic amines is 1. The van der Waals surface area contributed by atoms with Crippen LogP contribution in [0.2, 0.25) is 0 Å². The number of aryl methyl sites for hydroxylation is 1. The van der Waals surface area contributed by atoms with Crippen LogP contribution in [0.1, 0.15) is 12.7 Å². The second kappa shape index (κ2) is 5.11. The maximum atomic E-state index is 4.62. The highest BCUT2D eigenvalue weighted by atomic mass is 15.1. The number of H-pyrrole nitrogens is 1. The molecular formula is C17H15N5. The van der Waals surface area contributed by atoms with Gasteiger partial charge in [-0.1, -0.05) is 24.3 Å². The molecular weight excluding hydrogens is 274 g/mol. The minimum atomic E-state index is 0.593. The van der Waals surface area contributed by atoms with Crippen molar-refractivity contribution in [1.29, 1.82) is 0 Å². The van der Waals surface area contributed by atoms with Gasteiger partial charge in [-0.05, 0) is 31.2 Å². The normalized spacial score (nSPS) is 11.9. The number of para-hydroxylation sites is 4. The topological polar surface area (TPSA) is 58.9 Å². The molecule has 0 radical (unpaired) electrons. The van der Waals surface area contributed by atoms with Crippen LogP contribution in [0.25, 0.3) is 22.1 Å². The van der Waals surface area contributed by atoms with Crippen LogP contribution in [0.3, 0.4) is 0 Å². The first-order chi connectivity index (χ1) is 10.8. The fourth-order valence-corrected chi connectivity index (χ4v) is 2.64. The summed E-state index contributed by atoms with van der Waals surface area (Å²) in [7, 11) is 0. The van der Waals surface area contributed by atoms with Gasteiger partial charge in [-0.25, -0.2) is 15.0 Å². The molecule has 108 valence electrons. The average molecular weight is 289 g/mol. The number of imidazole rings is 2. The predicted octanol–water partition coefficient (Wildman–Crippen LogP) is 3.68. The molecule has 5 nitrogen and oxygen atoms in total. The van der Waals surface area contributed by atoms with Crippen LogP contribution in [-0.2, 0) is 6.54 Å². The number of fused-ring (bicyclic) bond motifs is 2. The lowest BCUT2D eigenvalue weighted by atomic mass is 10.3. The molecule has 1 N–H and O–H groups in total. The van der Waals surface area contributed by atoms with Gasteiger partial charge in [0.25, 0.3) is 0 Å². The van der Waals surface area contributed by atoms with Crippen LogP contribution in [0.15, 0.2) is 53.5 Å². The summed E-state index contributed by atoms with van der Waals surface area (Å²) in [6.45, 7) is 2.95. The lowest BCUT2D eigenvalue weighted by Crippen LogP contribution is -2.00. The van der Waals surface area contributed by atoms with Crippen molar-refractivity contribution in [3.63, 3.8) is 0 Å². The van der Waals surface area contributed by atoms with Gasteiger partial charge in [0.15, 0.2) is 5.82 Å². The Morgan fingerprint density at radius 2 is 1.82 bits per heavy atom. The van der Waals surface area contributed by atoms with Crippen molar-refractivity contribution >= 4 is 34.2 Å². The minimum Gasteiger partial charge on any atom is -0.323 e. The highest BCUT2D eigenvalue weighted by molar-refractivity contribution is 5.86. The van der Waals surface area contributed by atoms with E-state index in [0.29, 0.717) is 5.95 Å². The van der Waals surface area contributed by atoms with Gasteiger partial charge in [0.05, 0.1) is 28.3 Å². The van der Waals surface area contributed by atoms with Crippen molar-refractivity contribution in [2.75, 3.05) is 0 Å². The molecule has 0 atom stereocenters. The van der Waals surface area contributed by atoms with Crippen LogP contribution in [-0.4, -0.2) is 25.7 Å². The van der Waals surface area contributed by atoms with Gasteiger partial charge in [0, 0.05) is 6.54 Å². The highest BCUT2D eigenvalue weighted by Gasteiger charge is 2.07. The quantitative estimate of drug-likeness (QED) is 0.585. The summed E-state index contributed by atoms with van der Waals surface area (Å²) in [5, 5.41) is 0. The first-order valence-electron chi connectivity index (χ1n) is 7.29. The monoisotopic (exact) mass is 289 g/mol. The van der Waals surface area contributed by atoms with E-state index < -0.39 is 0 Å². The molecule has 0 bridgehead atoms. The zero-order valence-electron chi connectivity index (χ0n) is 12.2. The Balaban J connectivity index is 1.76. The van der Waals surface area contributed by atoms with E-state index in [1.165, 1.54) is 0 Å². The molecule has 5 heteroatoms. The molecule has 2 aromatic heterocycles. The van der Waals surface area contributed by atoms with Crippen molar-refractivity contribution in [3.05, 3.63) is 54.4 Å². The van der Waals surface area contributed by atoms with E-state index in [4.69, 9.17) is 0 Å². The van der Waals surface area contributed by atoms with Crippen LogP contribution in [0, 0.1) is 0 Å². The third-order valence-electron chi connectivity index (χ3n) is 3.68. The Kier molecular flexibility index (Phi) is 2.96. The molecule has 0 saturated carbocycles. The zero-order chi connectivity index (χ0) is 14.9. The van der Waals surface area contributed by atoms with E-state index >= 15 is 0 Å². The first-order valence-corrected chi connectivity index (χ1v) is 7.29. The Bertz CT molecular complexity index is 944. The van der Waals surface area contributed by atoms with E-state index in [2.05, 4.69) is 37.5 Å². The lowest BCUT2D eigenvalue weighted by molar-refractivity contribution is 0.780. The first kappa shape index (κ1) is 12.8. The van der Waals surface area contributed by atoms with Crippen molar-refractivity contribution in [2.24, 2.45) is 4.99 Å². The second-order valence-corrected chi connectivity index (χ2v) is 5.04. The van der Waals surface area contributed by atoms with E-state index in [1.807, 2.05) is 42.5 Å². The molecule has 2 heterocycles. The van der Waals surface area contributed by atoms with Crippen LogP contribution in [0.5, 0.6) is 0 Å². The van der Waals surface area contributed by atoms with Gasteiger partial charge in [-0.3, -0.25) is 0 Å². The standard InChI is InChI=1S/C17H15N5/c1-2-22-15-10-6-5-9-14(15)19-16(22)11-18-17-20-12-7-3-4-8-13(12)21-17/h3-11H,2H2,1H3,(H,20,21). The van der Waals surface area contributed by atoms with Gasteiger partial charge in [-0.2, -0.15) is 0 Å². The third-order valence-corrected chi connectivity index (χ3v) is 3.68. The average Bonchev–Trinajstić information content (AvgIpc) is 3.12. The Morgan fingerprint density at radius 1 is 1.05 bits per heavy atom. The largest absolute Gasteiger partial charge is 0.323 e. The van der Waals surface area contributed by atoms with Gasteiger partial charge >= 0.3 is 0 Å². The van der Waals surface area contributed by atoms with E-state index in [9.17, 15) is 0 Å². The molecule has 22 heavy (non-hydrogen) atoms. The van der Waals surface area contributed by atoms with Gasteiger partial charge in [0.1, 0.15) is 0 Å². The maximum Gasteiger partial charge on any atom is 0.227 e. The third kappa shape index (κ3) is 2.07. The molecule has 0 saturated heterocycles. The number of aliphatic imine (C=N–C) groups is 1. The Hall–Kier alpha value is -2.95. The fraction of sp³-hybridized carbons (Fsp3) is 0.118. The van der Waals surface area contributed by atoms with Crippen molar-refractivity contribution in [1.82, 2.24) is 19.5 Å². The van der Waals surface area contributed by atoms with Crippen LogP contribution >= 0.6 is 0 Å². The second-order valence-electron chi connectivity index (χ2n) is 5.04. The van der Waals surface area contributed by atoms with Crippen LogP contribution < -0.4 is 0 Å². The highest BCUT2D eigenvalue weighted by Crippen LogP contribution is 2.17. The molecule has 0 unspecified atom stereocenters. The van der Waals surface area contributed by atoms with Crippen LogP contribution in [0.4, 0.5) is 5.95 Å². The molecule has 4 aromatic rings. The molecule has 4 rings (SSSR count). The summed E-state index contributed by atoms with van der Waals surface area (Å²) in [5.41, 5.74) is 4.00. The summed E-state index contributed by atoms with van der Waals surface area (Å²) >= 11 is 0. The fourth-order valence-electron chi connectivity index (χ4n) is 2.64. The van der Waals surface area contributed by atoms with E-state index in [0.717, 1.165) is 34.4 Å². The number of nitrogens with one attached hydrogen (secondary N) is 1. The molecule has 0 fully saturated rings. The number of rotatable bonds is 3. The van der Waals surface area contributed by atoms with Gasteiger partial charge in [-0.15, -0.1) is 0 Å². The molecule has 0 aliphatic rings. The lowest BCUT2D eigenvalue weighted by Gasteiger charge is -2.00. The van der Waals surface area contributed by atoms with Gasteiger partial charge in [0.2, 0.25) is 5.95 Å². The summed E-state index contributed by atoms with van der Waals surface area (Å²) in [6.07, 6.45) is 1.77. The smallest absolute Gasteiger partial charge is 0.227 e. The Morgan fingerprint density at radius 3 is 2.64 bits per heavy atom. The SMILES string of the molecule is CCn1c(C=Nc2nc3ccccc3[nH]2)nc2ccccc21. The zero-order valence-corrected chi connectivity index (χ0v) is 12.2. The number of aromatic nitrogens is 4. The minimum absolute atomic E-state index is 0.593. The van der Waals surface area contributed by atoms with Crippen molar-refractivity contribution < 1.29 is 0 Å². The number of benzene rings is 2. The number of hydrogen-bond donors (Lipinski definition) is 1. The summed E-state index contributed by atoms with van der Waals surface area (Å²) in [6, 6.07) is 16.0.